The third-order valence-corrected chi connectivity index (χ3v) is 5.55. The molecule has 1 atom stereocenters. The Morgan fingerprint density at radius 1 is 1.28 bits per heavy atom. The molecule has 3 aromatic rings. The second kappa shape index (κ2) is 8.95. The first-order valence-electron chi connectivity index (χ1n) is 8.72. The number of hydrogen-bond acceptors (Lipinski definition) is 5. The number of halogens is 1. The van der Waals surface area contributed by atoms with Crippen molar-refractivity contribution in [1.82, 2.24) is 9.97 Å². The van der Waals surface area contributed by atoms with Gasteiger partial charge in [-0.2, -0.15) is 5.26 Å². The fraction of sp³-hybridized carbons (Fsp3) is 0.143. The van der Waals surface area contributed by atoms with Gasteiger partial charge in [0.1, 0.15) is 11.6 Å². The van der Waals surface area contributed by atoms with Crippen LogP contribution in [0, 0.1) is 18.3 Å². The largest absolute Gasteiger partial charge is 0.325 e. The summed E-state index contributed by atoms with van der Waals surface area (Å²) in [7, 11) is 0. The quantitative estimate of drug-likeness (QED) is 0.467. The zero-order valence-electron chi connectivity index (χ0n) is 15.7. The maximum Gasteiger partial charge on any atom is 0.270 e. The predicted octanol–water partition coefficient (Wildman–Crippen LogP) is 4.39. The molecule has 2 aromatic carbocycles. The van der Waals surface area contributed by atoms with E-state index in [0.29, 0.717) is 16.3 Å². The molecule has 1 aromatic heterocycles. The van der Waals surface area contributed by atoms with Crippen LogP contribution in [0.15, 0.2) is 58.5 Å². The summed E-state index contributed by atoms with van der Waals surface area (Å²) in [6.45, 7) is 3.58. The minimum atomic E-state index is -0.546. The Bertz CT molecular complexity index is 1160. The fourth-order valence-electron chi connectivity index (χ4n) is 2.55. The average molecular weight is 425 g/mol. The van der Waals surface area contributed by atoms with Gasteiger partial charge in [-0.25, -0.2) is 4.98 Å². The van der Waals surface area contributed by atoms with Crippen LogP contribution in [0.5, 0.6) is 0 Å². The maximum absolute atomic E-state index is 12.5. The topological polar surface area (TPSA) is 98.6 Å². The van der Waals surface area contributed by atoms with E-state index in [4.69, 9.17) is 11.6 Å². The van der Waals surface area contributed by atoms with E-state index < -0.39 is 10.8 Å². The number of benzene rings is 2. The molecule has 0 spiro atoms. The highest BCUT2D eigenvalue weighted by Gasteiger charge is 2.19. The van der Waals surface area contributed by atoms with Gasteiger partial charge in [0, 0.05) is 16.3 Å². The number of H-pyrrole nitrogens is 1. The summed E-state index contributed by atoms with van der Waals surface area (Å²) in [4.78, 5) is 31.8. The van der Waals surface area contributed by atoms with Crippen molar-refractivity contribution >= 4 is 35.0 Å². The molecule has 0 aliphatic rings. The molecule has 0 unspecified atom stereocenters. The summed E-state index contributed by atoms with van der Waals surface area (Å²) in [6.07, 6.45) is 0. The zero-order valence-corrected chi connectivity index (χ0v) is 17.3. The Balaban J connectivity index is 1.83. The van der Waals surface area contributed by atoms with Crippen LogP contribution in [-0.4, -0.2) is 21.1 Å². The molecule has 8 heteroatoms. The van der Waals surface area contributed by atoms with E-state index >= 15 is 0 Å². The molecule has 1 amide bonds. The van der Waals surface area contributed by atoms with Crippen LogP contribution in [0.3, 0.4) is 0 Å². The Morgan fingerprint density at radius 3 is 2.66 bits per heavy atom. The van der Waals surface area contributed by atoms with Crippen LogP contribution in [0.25, 0.3) is 11.3 Å². The van der Waals surface area contributed by atoms with E-state index in [-0.39, 0.29) is 22.3 Å². The molecule has 0 aliphatic heterocycles. The molecule has 0 aliphatic carbocycles. The number of nitriles is 1. The number of thioether (sulfide) groups is 1. The van der Waals surface area contributed by atoms with E-state index in [1.165, 1.54) is 0 Å². The van der Waals surface area contributed by atoms with Crippen molar-refractivity contribution in [1.29, 1.82) is 5.26 Å². The molecular weight excluding hydrogens is 408 g/mol. The number of carbonyl (C=O) groups is 1. The van der Waals surface area contributed by atoms with Gasteiger partial charge in [-0.15, -0.1) is 0 Å². The van der Waals surface area contributed by atoms with Gasteiger partial charge in [0.2, 0.25) is 5.91 Å². The van der Waals surface area contributed by atoms with Gasteiger partial charge in [-0.3, -0.25) is 9.59 Å². The lowest BCUT2D eigenvalue weighted by Gasteiger charge is -2.13. The third kappa shape index (κ3) is 4.86. The number of anilines is 1. The smallest absolute Gasteiger partial charge is 0.270 e. The van der Waals surface area contributed by atoms with Gasteiger partial charge in [0.15, 0.2) is 5.16 Å². The van der Waals surface area contributed by atoms with Crippen molar-refractivity contribution in [2.24, 2.45) is 0 Å². The van der Waals surface area contributed by atoms with Gasteiger partial charge in [-0.1, -0.05) is 59.8 Å². The van der Waals surface area contributed by atoms with Gasteiger partial charge in [0.05, 0.1) is 10.9 Å². The number of nitrogens with one attached hydrogen (secondary N) is 2. The van der Waals surface area contributed by atoms with Gasteiger partial charge < -0.3 is 10.3 Å². The second-order valence-corrected chi connectivity index (χ2v) is 8.02. The molecule has 29 heavy (non-hydrogen) atoms. The van der Waals surface area contributed by atoms with Crippen molar-refractivity contribution in [2.45, 2.75) is 24.3 Å². The van der Waals surface area contributed by atoms with Crippen LogP contribution in [-0.2, 0) is 4.79 Å². The number of amides is 1. The molecule has 3 rings (SSSR count). The number of aromatic nitrogens is 2. The van der Waals surface area contributed by atoms with Crippen molar-refractivity contribution in [3.63, 3.8) is 0 Å². The van der Waals surface area contributed by atoms with Crippen LogP contribution < -0.4 is 10.9 Å². The van der Waals surface area contributed by atoms with Crippen molar-refractivity contribution in [3.05, 3.63) is 75.0 Å². The zero-order chi connectivity index (χ0) is 21.0. The van der Waals surface area contributed by atoms with Crippen LogP contribution in [0.1, 0.15) is 18.1 Å². The third-order valence-electron chi connectivity index (χ3n) is 4.15. The SMILES string of the molecule is Cc1ccc(NC(=O)[C@@H](C)Sc2nc(-c3ccccc3)c(C#N)c(=O)[nH]2)cc1Cl. The summed E-state index contributed by atoms with van der Waals surface area (Å²) in [5.74, 6) is -0.261. The highest BCUT2D eigenvalue weighted by Crippen LogP contribution is 2.25. The van der Waals surface area contributed by atoms with Crippen LogP contribution >= 0.6 is 23.4 Å². The maximum atomic E-state index is 12.5. The summed E-state index contributed by atoms with van der Waals surface area (Å²) >= 11 is 7.20. The normalized spacial score (nSPS) is 11.5. The van der Waals surface area contributed by atoms with Crippen molar-refractivity contribution in [3.8, 4) is 17.3 Å². The predicted molar refractivity (Wildman–Crippen MR) is 115 cm³/mol. The van der Waals surface area contributed by atoms with Gasteiger partial charge >= 0.3 is 0 Å². The lowest BCUT2D eigenvalue weighted by Crippen LogP contribution is -2.23. The highest BCUT2D eigenvalue weighted by atomic mass is 35.5. The van der Waals surface area contributed by atoms with Crippen LogP contribution in [0.4, 0.5) is 5.69 Å². The number of nitrogens with zero attached hydrogens (tertiary/aromatic N) is 2. The number of hydrogen-bond donors (Lipinski definition) is 2. The highest BCUT2D eigenvalue weighted by molar-refractivity contribution is 8.00. The molecule has 1 heterocycles. The number of aromatic amines is 1. The molecule has 0 saturated heterocycles. The Hall–Kier alpha value is -3.08. The molecular formula is C21H17ClN4O2S. The first kappa shape index (κ1) is 20.6. The molecule has 0 radical (unpaired) electrons. The average Bonchev–Trinajstić information content (AvgIpc) is 2.71. The van der Waals surface area contributed by atoms with Gasteiger partial charge in [0.25, 0.3) is 5.56 Å². The minimum Gasteiger partial charge on any atom is -0.325 e. The molecule has 2 N–H and O–H groups in total. The van der Waals surface area contributed by atoms with E-state index in [0.717, 1.165) is 17.3 Å². The summed E-state index contributed by atoms with van der Waals surface area (Å²) in [5, 5.41) is 12.4. The Kier molecular flexibility index (Phi) is 6.37. The van der Waals surface area contributed by atoms with E-state index in [2.05, 4.69) is 15.3 Å². The summed E-state index contributed by atoms with van der Waals surface area (Å²) in [6, 6.07) is 16.2. The Morgan fingerprint density at radius 2 is 2.00 bits per heavy atom. The molecule has 146 valence electrons. The lowest BCUT2D eigenvalue weighted by atomic mass is 10.1. The van der Waals surface area contributed by atoms with Gasteiger partial charge in [-0.05, 0) is 31.5 Å². The van der Waals surface area contributed by atoms with Crippen LogP contribution in [0.2, 0.25) is 5.02 Å². The second-order valence-electron chi connectivity index (χ2n) is 6.29. The van der Waals surface area contributed by atoms with E-state index in [1.807, 2.05) is 25.1 Å². The first-order valence-corrected chi connectivity index (χ1v) is 9.98. The number of aryl methyl sites for hydroxylation is 1. The van der Waals surface area contributed by atoms with E-state index in [9.17, 15) is 14.9 Å². The van der Waals surface area contributed by atoms with E-state index in [1.54, 1.807) is 43.3 Å². The molecule has 6 nitrogen and oxygen atoms in total. The van der Waals surface area contributed by atoms with Crippen molar-refractivity contribution < 1.29 is 4.79 Å². The van der Waals surface area contributed by atoms with Crippen molar-refractivity contribution in [2.75, 3.05) is 5.32 Å². The molecule has 0 bridgehead atoms. The molecule has 0 saturated carbocycles. The summed E-state index contributed by atoms with van der Waals surface area (Å²) in [5.41, 5.74) is 1.85. The standard InChI is InChI=1S/C21H17ClN4O2S/c1-12-8-9-15(10-17(12)22)24-19(27)13(2)29-21-25-18(14-6-4-3-5-7-14)16(11-23)20(28)26-21/h3-10,13H,1-2H3,(H,24,27)(H,25,26,28)/t13-/m1/s1. The monoisotopic (exact) mass is 424 g/mol. The minimum absolute atomic E-state index is 0.0630. The number of rotatable bonds is 5. The molecule has 0 fully saturated rings. The Labute approximate surface area is 177 Å². The number of carbonyl (C=O) groups excluding carboxylic acids is 1. The lowest BCUT2D eigenvalue weighted by molar-refractivity contribution is -0.115. The fourth-order valence-corrected chi connectivity index (χ4v) is 3.53. The first-order chi connectivity index (χ1) is 13.9. The summed E-state index contributed by atoms with van der Waals surface area (Å²) < 4.78 is 0.